The van der Waals surface area contributed by atoms with Gasteiger partial charge in [-0.25, -0.2) is 4.39 Å². The SMILES string of the molecule is CC(=O)C(C(=O)c1ccc(F)cc1)C(c1[c-]cccc1)c1[c-]cccc1.[Y]. The third-order valence-electron chi connectivity index (χ3n) is 4.32. The minimum Gasteiger partial charge on any atom is -0.299 e. The summed E-state index contributed by atoms with van der Waals surface area (Å²) in [5.41, 5.74) is 1.79. The molecule has 0 saturated heterocycles. The summed E-state index contributed by atoms with van der Waals surface area (Å²) in [4.78, 5) is 25.6. The molecule has 3 aromatic carbocycles. The van der Waals surface area contributed by atoms with Crippen LogP contribution < -0.4 is 0 Å². The van der Waals surface area contributed by atoms with Gasteiger partial charge in [0.2, 0.25) is 0 Å². The van der Waals surface area contributed by atoms with Gasteiger partial charge in [0.1, 0.15) is 11.6 Å². The molecule has 1 radical (unpaired) electrons. The summed E-state index contributed by atoms with van der Waals surface area (Å²) in [7, 11) is 0. The predicted molar refractivity (Wildman–Crippen MR) is 97.3 cm³/mol. The molecule has 1 unspecified atom stereocenters. The Hall–Kier alpha value is -1.97. The number of benzene rings is 3. The van der Waals surface area contributed by atoms with Crippen molar-refractivity contribution in [2.75, 3.05) is 0 Å². The molecule has 2 nitrogen and oxygen atoms in total. The maximum atomic E-state index is 13.2. The van der Waals surface area contributed by atoms with Gasteiger partial charge < -0.3 is 0 Å². The third-order valence-corrected chi connectivity index (χ3v) is 4.32. The molecule has 133 valence electrons. The Bertz CT molecular complexity index is 853. The van der Waals surface area contributed by atoms with Crippen LogP contribution in [-0.2, 0) is 37.5 Å². The van der Waals surface area contributed by atoms with Crippen LogP contribution in [0.5, 0.6) is 0 Å². The fourth-order valence-electron chi connectivity index (χ4n) is 3.09. The number of Topliss-reactive ketones (excluding diaryl/α,β-unsaturated/α-hetero) is 2. The van der Waals surface area contributed by atoms with E-state index in [1.807, 2.05) is 36.4 Å². The van der Waals surface area contributed by atoms with Crippen LogP contribution in [0, 0.1) is 23.9 Å². The first-order valence-electron chi connectivity index (χ1n) is 8.31. The molecule has 0 saturated carbocycles. The summed E-state index contributed by atoms with van der Waals surface area (Å²) in [5.74, 6) is -2.45. The summed E-state index contributed by atoms with van der Waals surface area (Å²) in [6.07, 6.45) is 0. The van der Waals surface area contributed by atoms with Crippen molar-refractivity contribution in [1.29, 1.82) is 0 Å². The number of ketones is 2. The van der Waals surface area contributed by atoms with E-state index in [2.05, 4.69) is 12.1 Å². The molecule has 0 aromatic heterocycles. The Labute approximate surface area is 183 Å². The quantitative estimate of drug-likeness (QED) is 0.323. The molecule has 0 bridgehead atoms. The molecule has 0 N–H and O–H groups in total. The van der Waals surface area contributed by atoms with Gasteiger partial charge in [-0.3, -0.25) is 9.59 Å². The van der Waals surface area contributed by atoms with E-state index in [0.717, 1.165) is 11.1 Å². The largest absolute Gasteiger partial charge is 0.299 e. The number of hydrogen-bond donors (Lipinski definition) is 0. The first-order chi connectivity index (χ1) is 12.6. The van der Waals surface area contributed by atoms with Gasteiger partial charge in [0.25, 0.3) is 0 Å². The van der Waals surface area contributed by atoms with Gasteiger partial charge in [-0.05, 0) is 37.1 Å². The Morgan fingerprint density at radius 2 is 1.37 bits per heavy atom. The van der Waals surface area contributed by atoms with Gasteiger partial charge in [-0.2, -0.15) is 71.8 Å². The van der Waals surface area contributed by atoms with E-state index >= 15 is 0 Å². The van der Waals surface area contributed by atoms with Crippen molar-refractivity contribution in [3.05, 3.63) is 107 Å². The molecule has 0 spiro atoms. The molecule has 0 fully saturated rings. The zero-order valence-corrected chi connectivity index (χ0v) is 17.7. The van der Waals surface area contributed by atoms with Crippen molar-refractivity contribution in [1.82, 2.24) is 0 Å². The van der Waals surface area contributed by atoms with E-state index in [4.69, 9.17) is 0 Å². The van der Waals surface area contributed by atoms with Gasteiger partial charge in [0, 0.05) is 38.3 Å². The molecule has 0 aliphatic heterocycles. The first kappa shape index (κ1) is 21.3. The van der Waals surface area contributed by atoms with Gasteiger partial charge in [0.05, 0.1) is 5.92 Å². The second kappa shape index (κ2) is 9.82. The fourth-order valence-corrected chi connectivity index (χ4v) is 3.09. The molecule has 0 aliphatic rings. The molecule has 0 heterocycles. The van der Waals surface area contributed by atoms with Crippen molar-refractivity contribution in [3.63, 3.8) is 0 Å². The van der Waals surface area contributed by atoms with E-state index in [-0.39, 0.29) is 44.3 Å². The van der Waals surface area contributed by atoms with Crippen LogP contribution in [0.15, 0.2) is 72.8 Å². The number of rotatable bonds is 6. The summed E-state index contributed by atoms with van der Waals surface area (Å²) >= 11 is 0. The molecule has 1 atom stereocenters. The minimum atomic E-state index is -0.933. The zero-order valence-electron chi connectivity index (χ0n) is 14.9. The normalized spacial score (nSPS) is 11.5. The van der Waals surface area contributed by atoms with E-state index in [1.165, 1.54) is 31.2 Å². The van der Waals surface area contributed by atoms with Crippen LogP contribution in [0.4, 0.5) is 4.39 Å². The van der Waals surface area contributed by atoms with Gasteiger partial charge in [-0.1, -0.05) is 0 Å². The van der Waals surface area contributed by atoms with E-state index in [1.54, 1.807) is 12.1 Å². The molecular weight excluding hydrogens is 416 g/mol. The molecule has 27 heavy (non-hydrogen) atoms. The molecule has 3 rings (SSSR count). The average Bonchev–Trinajstić information content (AvgIpc) is 2.67. The van der Waals surface area contributed by atoms with Gasteiger partial charge in [-0.15, -0.1) is 0 Å². The summed E-state index contributed by atoms with van der Waals surface area (Å²) in [6.45, 7) is 1.41. The van der Waals surface area contributed by atoms with Crippen LogP contribution in [0.1, 0.15) is 34.3 Å². The maximum absolute atomic E-state index is 13.2. The monoisotopic (exact) mass is 433 g/mol. The van der Waals surface area contributed by atoms with E-state index in [0.29, 0.717) is 5.56 Å². The second-order valence-electron chi connectivity index (χ2n) is 6.07. The Balaban J connectivity index is 0.00000261. The van der Waals surface area contributed by atoms with Crippen molar-refractivity contribution < 1.29 is 46.7 Å². The molecule has 0 aliphatic carbocycles. The smallest absolute Gasteiger partial charge is 0.174 e. The number of halogens is 1. The van der Waals surface area contributed by atoms with Crippen LogP contribution >= 0.6 is 0 Å². The van der Waals surface area contributed by atoms with Crippen molar-refractivity contribution in [2.24, 2.45) is 5.92 Å². The summed E-state index contributed by atoms with van der Waals surface area (Å²) in [6, 6.07) is 26.1. The fraction of sp³-hybridized carbons (Fsp3) is 0.130. The topological polar surface area (TPSA) is 34.1 Å². The molecular formula is C23H17FO2Y-2. The average molecular weight is 433 g/mol. The van der Waals surface area contributed by atoms with Crippen LogP contribution in [0.3, 0.4) is 0 Å². The van der Waals surface area contributed by atoms with Gasteiger partial charge >= 0.3 is 0 Å². The summed E-state index contributed by atoms with van der Waals surface area (Å²) in [5, 5.41) is 0. The maximum Gasteiger partial charge on any atom is 0.174 e. The Morgan fingerprint density at radius 1 is 0.852 bits per heavy atom. The molecule has 3 aromatic rings. The third kappa shape index (κ3) is 5.06. The van der Waals surface area contributed by atoms with Crippen molar-refractivity contribution in [3.8, 4) is 0 Å². The van der Waals surface area contributed by atoms with Crippen LogP contribution in [0.25, 0.3) is 0 Å². The van der Waals surface area contributed by atoms with Crippen LogP contribution in [-0.4, -0.2) is 11.6 Å². The van der Waals surface area contributed by atoms with Gasteiger partial charge in [0.15, 0.2) is 5.78 Å². The minimum absolute atomic E-state index is 0. The Kier molecular flexibility index (Phi) is 7.76. The predicted octanol–water partition coefficient (Wildman–Crippen LogP) is 4.64. The van der Waals surface area contributed by atoms with E-state index in [9.17, 15) is 14.0 Å². The number of carbonyl (C=O) groups excluding carboxylic acids is 2. The van der Waals surface area contributed by atoms with Crippen molar-refractivity contribution in [2.45, 2.75) is 12.8 Å². The molecule has 0 amide bonds. The Morgan fingerprint density at radius 3 is 1.78 bits per heavy atom. The van der Waals surface area contributed by atoms with E-state index < -0.39 is 17.7 Å². The standard InChI is InChI=1S/C23H17FO2.Y/c1-16(25)21(23(26)19-12-14-20(24)15-13-19)22(17-8-4-2-5-9-17)18-10-6-3-7-11-18;/h2-8,10,12-15,21-22H,1H3;/q-2;. The summed E-state index contributed by atoms with van der Waals surface area (Å²) < 4.78 is 13.2. The zero-order chi connectivity index (χ0) is 18.5. The molecule has 4 heteroatoms. The second-order valence-corrected chi connectivity index (χ2v) is 6.07. The number of carbonyl (C=O) groups is 2. The van der Waals surface area contributed by atoms with Crippen molar-refractivity contribution >= 4 is 11.6 Å². The number of hydrogen-bond acceptors (Lipinski definition) is 2. The first-order valence-corrected chi connectivity index (χ1v) is 8.31. The van der Waals surface area contributed by atoms with Crippen LogP contribution in [0.2, 0.25) is 0 Å².